The third kappa shape index (κ3) is 5.09. The molecule has 2 amide bonds. The zero-order valence-corrected chi connectivity index (χ0v) is 22.5. The normalized spacial score (nSPS) is 25.8. The van der Waals surface area contributed by atoms with Gasteiger partial charge in [-0.1, -0.05) is 25.8 Å². The Bertz CT molecular complexity index is 1220. The number of carbonyl (C=O) groups excluding carboxylic acids is 4. The van der Waals surface area contributed by atoms with Gasteiger partial charge in [-0.25, -0.2) is 0 Å². The van der Waals surface area contributed by atoms with Gasteiger partial charge < -0.3 is 19.9 Å². The summed E-state index contributed by atoms with van der Waals surface area (Å²) in [4.78, 5) is 58.2. The van der Waals surface area contributed by atoms with Gasteiger partial charge >= 0.3 is 0 Å². The van der Waals surface area contributed by atoms with Crippen LogP contribution in [0.4, 0.5) is 0 Å². The minimum atomic E-state index is -0.691. The molecule has 3 aliphatic rings. The molecule has 2 aliphatic carbocycles. The fraction of sp³-hybridized carbons (Fsp3) is 0.600. The zero-order chi connectivity index (χ0) is 26.8. The Kier molecular flexibility index (Phi) is 7.86. The number of nitrogens with one attached hydrogen (secondary N) is 2. The van der Waals surface area contributed by atoms with Gasteiger partial charge in [-0.05, 0) is 68.6 Å². The fourth-order valence-corrected chi connectivity index (χ4v) is 6.96. The number of H-pyrrole nitrogens is 1. The van der Waals surface area contributed by atoms with E-state index >= 15 is 0 Å². The van der Waals surface area contributed by atoms with Crippen LogP contribution < -0.4 is 10.1 Å². The van der Waals surface area contributed by atoms with Gasteiger partial charge in [0.2, 0.25) is 5.91 Å². The van der Waals surface area contributed by atoms with Gasteiger partial charge in [-0.15, -0.1) is 0 Å². The molecule has 5 atom stereocenters. The van der Waals surface area contributed by atoms with Crippen LogP contribution in [0.5, 0.6) is 5.75 Å². The molecule has 0 spiro atoms. The summed E-state index contributed by atoms with van der Waals surface area (Å²) in [6.07, 6.45) is 7.54. The average molecular weight is 522 g/mol. The molecule has 1 saturated heterocycles. The van der Waals surface area contributed by atoms with E-state index < -0.39 is 12.1 Å². The Balaban J connectivity index is 1.39. The number of fused-ring (bicyclic) bond motifs is 2. The van der Waals surface area contributed by atoms with Crippen LogP contribution in [0.15, 0.2) is 24.3 Å². The molecule has 8 nitrogen and oxygen atoms in total. The molecule has 2 heterocycles. The van der Waals surface area contributed by atoms with Gasteiger partial charge in [-0.3, -0.25) is 19.2 Å². The van der Waals surface area contributed by atoms with Crippen molar-refractivity contribution >= 4 is 34.3 Å². The largest absolute Gasteiger partial charge is 0.496 e. The number of aromatic amines is 1. The van der Waals surface area contributed by atoms with Gasteiger partial charge in [0, 0.05) is 36.2 Å². The first-order valence-electron chi connectivity index (χ1n) is 14.2. The van der Waals surface area contributed by atoms with E-state index in [4.69, 9.17) is 4.74 Å². The third-order valence-corrected chi connectivity index (χ3v) is 8.90. The lowest BCUT2D eigenvalue weighted by molar-refractivity contribution is -0.132. The monoisotopic (exact) mass is 521 g/mol. The highest BCUT2D eigenvalue weighted by atomic mass is 16.5. The highest BCUT2D eigenvalue weighted by Gasteiger charge is 2.50. The van der Waals surface area contributed by atoms with E-state index in [1.165, 1.54) is 0 Å². The van der Waals surface area contributed by atoms with Crippen LogP contribution in [-0.2, 0) is 14.4 Å². The summed E-state index contributed by atoms with van der Waals surface area (Å²) in [6.45, 7) is 2.47. The topological polar surface area (TPSA) is 109 Å². The van der Waals surface area contributed by atoms with Crippen molar-refractivity contribution in [3.63, 3.8) is 0 Å². The molecule has 5 rings (SSSR count). The number of nitrogens with zero attached hydrogens (tertiary/aromatic N) is 1. The maximum Gasteiger partial charge on any atom is 0.271 e. The van der Waals surface area contributed by atoms with Crippen LogP contribution in [0.3, 0.4) is 0 Å². The summed E-state index contributed by atoms with van der Waals surface area (Å²) in [5.41, 5.74) is 1.23. The molecule has 0 unspecified atom stereocenters. The van der Waals surface area contributed by atoms with E-state index in [0.717, 1.165) is 49.4 Å². The number of benzene rings is 1. The van der Waals surface area contributed by atoms with Crippen molar-refractivity contribution in [3.05, 3.63) is 30.0 Å². The van der Waals surface area contributed by atoms with Crippen LogP contribution in [0, 0.1) is 17.8 Å². The Hall–Kier alpha value is -3.16. The summed E-state index contributed by atoms with van der Waals surface area (Å²) in [5, 5.41) is 3.86. The lowest BCUT2D eigenvalue weighted by Crippen LogP contribution is -2.53. The Morgan fingerprint density at radius 2 is 2.00 bits per heavy atom. The number of ether oxygens (including phenoxy) is 1. The Morgan fingerprint density at radius 3 is 2.76 bits per heavy atom. The second-order valence-corrected chi connectivity index (χ2v) is 11.3. The van der Waals surface area contributed by atoms with Crippen LogP contribution in [-0.4, -0.2) is 59.0 Å². The maximum absolute atomic E-state index is 13.9. The van der Waals surface area contributed by atoms with Crippen molar-refractivity contribution in [2.75, 3.05) is 13.7 Å². The van der Waals surface area contributed by atoms with Crippen LogP contribution >= 0.6 is 0 Å². The molecule has 204 valence electrons. The number of methoxy groups -OCH3 is 1. The van der Waals surface area contributed by atoms with E-state index in [9.17, 15) is 19.2 Å². The van der Waals surface area contributed by atoms with Gasteiger partial charge in [0.05, 0.1) is 13.2 Å². The quantitative estimate of drug-likeness (QED) is 0.508. The molecule has 2 aromatic rings. The number of rotatable bonds is 9. The first-order valence-corrected chi connectivity index (χ1v) is 14.2. The molecule has 1 aromatic heterocycles. The van der Waals surface area contributed by atoms with Gasteiger partial charge in [0.25, 0.3) is 5.91 Å². The second-order valence-electron chi connectivity index (χ2n) is 11.3. The number of aromatic nitrogens is 1. The molecule has 2 saturated carbocycles. The van der Waals surface area contributed by atoms with E-state index in [0.29, 0.717) is 43.7 Å². The number of carbonyl (C=O) groups is 4. The van der Waals surface area contributed by atoms with Crippen molar-refractivity contribution in [1.82, 2.24) is 15.2 Å². The molecular formula is C30H39N3O5. The molecule has 0 radical (unpaired) electrons. The maximum atomic E-state index is 13.9. The van der Waals surface area contributed by atoms with E-state index in [-0.39, 0.29) is 41.1 Å². The zero-order valence-electron chi connectivity index (χ0n) is 22.5. The lowest BCUT2D eigenvalue weighted by Gasteiger charge is -2.30. The number of hydrogen-bond acceptors (Lipinski definition) is 5. The predicted octanol–water partition coefficient (Wildman–Crippen LogP) is 4.42. The predicted molar refractivity (Wildman–Crippen MR) is 144 cm³/mol. The first-order chi connectivity index (χ1) is 18.4. The van der Waals surface area contributed by atoms with Crippen molar-refractivity contribution in [2.24, 2.45) is 17.8 Å². The molecule has 8 heteroatoms. The summed E-state index contributed by atoms with van der Waals surface area (Å²) in [5.74, 6) is 0.547. The lowest BCUT2D eigenvalue weighted by atomic mass is 9.82. The van der Waals surface area contributed by atoms with Gasteiger partial charge in [0.15, 0.2) is 5.78 Å². The van der Waals surface area contributed by atoms with Gasteiger partial charge in [-0.2, -0.15) is 0 Å². The van der Waals surface area contributed by atoms with E-state index in [1.54, 1.807) is 18.1 Å². The summed E-state index contributed by atoms with van der Waals surface area (Å²) in [6, 6.07) is 6.10. The Labute approximate surface area is 223 Å². The first kappa shape index (κ1) is 26.4. The van der Waals surface area contributed by atoms with Crippen LogP contribution in [0.1, 0.15) is 81.6 Å². The fourth-order valence-electron chi connectivity index (χ4n) is 6.96. The van der Waals surface area contributed by atoms with E-state index in [2.05, 4.69) is 10.3 Å². The summed E-state index contributed by atoms with van der Waals surface area (Å²) in [7, 11) is 1.60. The molecule has 0 bridgehead atoms. The number of amides is 2. The minimum Gasteiger partial charge on any atom is -0.496 e. The second kappa shape index (κ2) is 11.3. The highest BCUT2D eigenvalue weighted by molar-refractivity contribution is 6.02. The molecule has 1 aliphatic heterocycles. The highest BCUT2D eigenvalue weighted by Crippen LogP contribution is 2.43. The summed E-state index contributed by atoms with van der Waals surface area (Å²) < 4.78 is 5.46. The third-order valence-electron chi connectivity index (χ3n) is 8.90. The van der Waals surface area contributed by atoms with Crippen LogP contribution in [0.25, 0.3) is 10.9 Å². The number of hydrogen-bond donors (Lipinski definition) is 2. The smallest absolute Gasteiger partial charge is 0.271 e. The van der Waals surface area contributed by atoms with E-state index in [1.807, 2.05) is 25.1 Å². The standard InChI is InChI=1S/C30H39N3O5/c1-3-8-26(35)23(15-18-9-4-5-13-25(18)34)32-29(36)28-20-11-6-10-19(20)17-33(28)30(37)24-16-21-22(31-24)12-7-14-27(21)38-2/h7,12,14,16,18-20,23,28,31H,3-6,8-11,13,15,17H2,1-2H3,(H,32,36)/t18-,19-,20-,23-,28-/m0/s1. The Morgan fingerprint density at radius 1 is 1.16 bits per heavy atom. The molecular weight excluding hydrogens is 482 g/mol. The minimum absolute atomic E-state index is 0.0271. The molecule has 1 aromatic carbocycles. The van der Waals surface area contributed by atoms with Crippen molar-refractivity contribution < 1.29 is 23.9 Å². The van der Waals surface area contributed by atoms with Crippen LogP contribution in [0.2, 0.25) is 0 Å². The SMILES string of the molecule is CCCC(=O)[C@H](C[C@@H]1CCCCC1=O)NC(=O)[C@@H]1[C@H]2CCC[C@H]2CN1C(=O)c1cc2c(OC)cccc2[nH]1. The molecule has 38 heavy (non-hydrogen) atoms. The number of likely N-dealkylation sites (tertiary alicyclic amines) is 1. The summed E-state index contributed by atoms with van der Waals surface area (Å²) >= 11 is 0. The average Bonchev–Trinajstić information content (AvgIpc) is 3.63. The molecule has 2 N–H and O–H groups in total. The van der Waals surface area contributed by atoms with Crippen molar-refractivity contribution in [3.8, 4) is 5.75 Å². The van der Waals surface area contributed by atoms with Crippen molar-refractivity contribution in [2.45, 2.75) is 83.2 Å². The van der Waals surface area contributed by atoms with Gasteiger partial charge in [0.1, 0.15) is 23.3 Å². The molecule has 3 fully saturated rings. The van der Waals surface area contributed by atoms with Crippen molar-refractivity contribution in [1.29, 1.82) is 0 Å². The number of ketones is 2. The number of Topliss-reactive ketones (excluding diaryl/α,β-unsaturated/α-hetero) is 2.